The van der Waals surface area contributed by atoms with Crippen LogP contribution in [0.4, 0.5) is 0 Å². The molecule has 1 aliphatic heterocycles. The van der Waals surface area contributed by atoms with Crippen LogP contribution in [-0.4, -0.2) is 30.8 Å². The number of aliphatic hydroxyl groups is 1. The van der Waals surface area contributed by atoms with Gasteiger partial charge in [-0.25, -0.2) is 0 Å². The lowest BCUT2D eigenvalue weighted by molar-refractivity contribution is -0.135. The molecule has 1 unspecified atom stereocenters. The first-order valence-corrected chi connectivity index (χ1v) is 11.6. The summed E-state index contributed by atoms with van der Waals surface area (Å²) < 4.78 is 28.2. The molecule has 2 aromatic carbocycles. The third-order valence-corrected chi connectivity index (χ3v) is 6.36. The second-order valence-electron chi connectivity index (χ2n) is 8.41. The molecule has 0 spiro atoms. The fourth-order valence-corrected chi connectivity index (χ4v) is 4.66. The Balaban J connectivity index is 1.70. The van der Waals surface area contributed by atoms with Gasteiger partial charge in [-0.05, 0) is 66.9 Å². The maximum atomic E-state index is 13.2. The molecule has 1 N–H and O–H groups in total. The minimum Gasteiger partial charge on any atom is -0.367 e. The highest BCUT2D eigenvalue weighted by Gasteiger charge is 2.39. The number of hydrogen-bond donors (Lipinski definition) is 1. The second kappa shape index (κ2) is 6.27. The van der Waals surface area contributed by atoms with Crippen molar-refractivity contribution >= 4 is 26.8 Å². The van der Waals surface area contributed by atoms with Crippen LogP contribution in [0.5, 0.6) is 0 Å². The van der Waals surface area contributed by atoms with Crippen LogP contribution in [0.15, 0.2) is 24.3 Å². The van der Waals surface area contributed by atoms with Crippen LogP contribution in [-0.2, 0) is 27.2 Å². The van der Waals surface area contributed by atoms with E-state index in [1.165, 1.54) is 18.4 Å². The molecule has 2 aliphatic carbocycles. The van der Waals surface area contributed by atoms with Gasteiger partial charge in [0, 0.05) is 10.9 Å². The van der Waals surface area contributed by atoms with Crippen molar-refractivity contribution in [3.63, 3.8) is 0 Å². The van der Waals surface area contributed by atoms with Crippen molar-refractivity contribution in [2.24, 2.45) is 11.8 Å². The molecule has 2 aromatic rings. The summed E-state index contributed by atoms with van der Waals surface area (Å²) in [5.41, 5.74) is 3.08. The first kappa shape index (κ1) is 18.1. The molecular formula is C21H23NO5S. The smallest absolute Gasteiger partial charge is 0.285 e. The number of amides is 1. The number of benzene rings is 2. The van der Waals surface area contributed by atoms with E-state index in [0.29, 0.717) is 28.0 Å². The normalized spacial score (nSPS) is 22.1. The van der Waals surface area contributed by atoms with Crippen LogP contribution in [0.1, 0.15) is 59.0 Å². The topological polar surface area (TPSA) is 83.9 Å². The van der Waals surface area contributed by atoms with Crippen molar-refractivity contribution in [1.29, 1.82) is 0 Å². The van der Waals surface area contributed by atoms with Crippen LogP contribution >= 0.6 is 0 Å². The lowest BCUT2D eigenvalue weighted by Gasteiger charge is -2.33. The zero-order valence-electron chi connectivity index (χ0n) is 15.7. The molecule has 0 bridgehead atoms. The Morgan fingerprint density at radius 1 is 1.04 bits per heavy atom. The average Bonchev–Trinajstić information content (AvgIpc) is 3.53. The van der Waals surface area contributed by atoms with E-state index in [-0.39, 0.29) is 0 Å². The Bertz CT molecular complexity index is 1090. The van der Waals surface area contributed by atoms with Crippen LogP contribution in [0, 0.1) is 11.8 Å². The number of carbonyl (C=O) groups excluding carboxylic acids is 1. The quantitative estimate of drug-likeness (QED) is 0.804. The van der Waals surface area contributed by atoms with E-state index >= 15 is 0 Å². The van der Waals surface area contributed by atoms with Gasteiger partial charge in [0.2, 0.25) is 0 Å². The Hall–Kier alpha value is -1.96. The monoisotopic (exact) mass is 401 g/mol. The van der Waals surface area contributed by atoms with Gasteiger partial charge < -0.3 is 5.11 Å². The molecule has 2 fully saturated rings. The first-order chi connectivity index (χ1) is 13.3. The predicted molar refractivity (Wildman–Crippen MR) is 104 cm³/mol. The van der Waals surface area contributed by atoms with Gasteiger partial charge in [0.15, 0.2) is 6.23 Å². The van der Waals surface area contributed by atoms with Crippen LogP contribution < -0.4 is 0 Å². The molecule has 28 heavy (non-hydrogen) atoms. The largest absolute Gasteiger partial charge is 0.367 e. The maximum absolute atomic E-state index is 13.2. The fraction of sp³-hybridized carbons (Fsp3) is 0.476. The molecule has 6 nitrogen and oxygen atoms in total. The number of rotatable bonds is 6. The lowest BCUT2D eigenvalue weighted by Crippen LogP contribution is -2.40. The minimum absolute atomic E-state index is 0.478. The van der Waals surface area contributed by atoms with Crippen molar-refractivity contribution in [1.82, 2.24) is 5.06 Å². The van der Waals surface area contributed by atoms with E-state index in [1.54, 1.807) is 6.07 Å². The summed E-state index contributed by atoms with van der Waals surface area (Å²) >= 11 is 0. The van der Waals surface area contributed by atoms with Gasteiger partial charge in [0.25, 0.3) is 16.0 Å². The van der Waals surface area contributed by atoms with E-state index in [9.17, 15) is 18.3 Å². The summed E-state index contributed by atoms with van der Waals surface area (Å²) in [5.74, 6) is 0.670. The molecule has 1 amide bonds. The highest BCUT2D eigenvalue weighted by molar-refractivity contribution is 7.85. The zero-order valence-corrected chi connectivity index (χ0v) is 16.5. The highest BCUT2D eigenvalue weighted by Crippen LogP contribution is 2.43. The van der Waals surface area contributed by atoms with E-state index in [2.05, 4.69) is 6.07 Å². The minimum atomic E-state index is -3.96. The predicted octanol–water partition coefficient (Wildman–Crippen LogP) is 3.08. The molecule has 148 valence electrons. The summed E-state index contributed by atoms with van der Waals surface area (Å²) in [6.07, 6.45) is 5.91. The Labute approximate surface area is 164 Å². The van der Waals surface area contributed by atoms with Crippen LogP contribution in [0.2, 0.25) is 0 Å². The summed E-state index contributed by atoms with van der Waals surface area (Å²) in [7, 11) is -3.96. The first-order valence-electron chi connectivity index (χ1n) is 9.80. The molecule has 5 rings (SSSR count). The number of aliphatic hydroxyl groups excluding tert-OH is 1. The highest BCUT2D eigenvalue weighted by atomic mass is 32.2. The van der Waals surface area contributed by atoms with Gasteiger partial charge in [-0.15, -0.1) is 4.28 Å². The molecule has 0 radical (unpaired) electrons. The summed E-state index contributed by atoms with van der Waals surface area (Å²) in [6.45, 7) is 0. The number of hydroxylamine groups is 2. The molecule has 3 aliphatic rings. The second-order valence-corrected chi connectivity index (χ2v) is 9.97. The molecule has 0 saturated heterocycles. The molecule has 0 aromatic heterocycles. The van der Waals surface area contributed by atoms with Crippen molar-refractivity contribution < 1.29 is 22.6 Å². The standard InChI is InChI=1S/C21H23NO5S/c1-28(25,26)27-22-20(23)17-9-6-14(10-12-2-3-12)16-8-7-15(11-13-4-5-13)18(19(16)17)21(22)24/h6-9,12-13,20,23H,2-5,10-11H2,1H3. The lowest BCUT2D eigenvalue weighted by atomic mass is 9.86. The van der Waals surface area contributed by atoms with Crippen molar-refractivity contribution in [2.45, 2.75) is 44.8 Å². The number of hydrogen-bond acceptors (Lipinski definition) is 5. The third kappa shape index (κ3) is 3.21. The maximum Gasteiger partial charge on any atom is 0.285 e. The number of nitrogens with zero attached hydrogens (tertiary/aromatic N) is 1. The summed E-state index contributed by atoms with van der Waals surface area (Å²) in [5, 5.41) is 13.1. The van der Waals surface area contributed by atoms with Crippen LogP contribution in [0.3, 0.4) is 0 Å². The molecular weight excluding hydrogens is 378 g/mol. The molecule has 2 saturated carbocycles. The van der Waals surface area contributed by atoms with Gasteiger partial charge in [-0.1, -0.05) is 24.3 Å². The van der Waals surface area contributed by atoms with Crippen molar-refractivity contribution in [3.05, 3.63) is 46.5 Å². The van der Waals surface area contributed by atoms with Gasteiger partial charge >= 0.3 is 0 Å². The van der Waals surface area contributed by atoms with E-state index in [4.69, 9.17) is 4.28 Å². The van der Waals surface area contributed by atoms with Crippen LogP contribution in [0.25, 0.3) is 10.8 Å². The van der Waals surface area contributed by atoms with E-state index < -0.39 is 22.3 Å². The number of carbonyl (C=O) groups is 1. The van der Waals surface area contributed by atoms with Crippen molar-refractivity contribution in [3.8, 4) is 0 Å². The summed E-state index contributed by atoms with van der Waals surface area (Å²) in [4.78, 5) is 13.2. The third-order valence-electron chi connectivity index (χ3n) is 5.93. The van der Waals surface area contributed by atoms with Gasteiger partial charge in [0.1, 0.15) is 0 Å². The fourth-order valence-electron chi connectivity index (χ4n) is 4.22. The van der Waals surface area contributed by atoms with Gasteiger partial charge in [0.05, 0.1) is 11.8 Å². The van der Waals surface area contributed by atoms with Crippen molar-refractivity contribution in [2.75, 3.05) is 6.26 Å². The molecule has 7 heteroatoms. The van der Waals surface area contributed by atoms with Gasteiger partial charge in [-0.3, -0.25) is 4.79 Å². The average molecular weight is 401 g/mol. The van der Waals surface area contributed by atoms with Gasteiger partial charge in [-0.2, -0.15) is 13.5 Å². The zero-order chi connectivity index (χ0) is 19.6. The molecule has 1 heterocycles. The SMILES string of the molecule is CS(=O)(=O)ON1C(=O)c2c(CC3CC3)ccc3c(CC4CC4)ccc(c23)C1O. The molecule has 1 atom stereocenters. The Morgan fingerprint density at radius 3 is 2.25 bits per heavy atom. The van der Waals surface area contributed by atoms with E-state index in [1.807, 2.05) is 12.1 Å². The van der Waals surface area contributed by atoms with E-state index in [0.717, 1.165) is 48.3 Å². The summed E-state index contributed by atoms with van der Waals surface area (Å²) in [6, 6.07) is 7.84. The Morgan fingerprint density at radius 2 is 1.64 bits per heavy atom. The Kier molecular flexibility index (Phi) is 4.05.